The highest BCUT2D eigenvalue weighted by atomic mass is 16.5. The number of ether oxygens (including phenoxy) is 1. The number of aryl methyl sites for hydroxylation is 1. The van der Waals surface area contributed by atoms with Gasteiger partial charge in [0.2, 0.25) is 5.78 Å². The maximum Gasteiger partial charge on any atom is 0.207 e. The molecule has 0 bridgehead atoms. The van der Waals surface area contributed by atoms with Crippen molar-refractivity contribution >= 4 is 11.6 Å². The number of hydrogen-bond acceptors (Lipinski definition) is 6. The Balaban J connectivity index is 2.33. The topological polar surface area (TPSA) is 110 Å². The van der Waals surface area contributed by atoms with Crippen LogP contribution in [0.1, 0.15) is 25.8 Å². The van der Waals surface area contributed by atoms with Gasteiger partial charge in [0.05, 0.1) is 12.7 Å². The second-order valence-corrected chi connectivity index (χ2v) is 5.96. The number of phenolic OH excluding ortho intramolecular Hbond substituents is 1. The van der Waals surface area contributed by atoms with E-state index in [-0.39, 0.29) is 34.8 Å². The van der Waals surface area contributed by atoms with Gasteiger partial charge in [-0.1, -0.05) is 12.1 Å². The molecule has 1 aliphatic carbocycles. The van der Waals surface area contributed by atoms with E-state index < -0.39 is 17.2 Å². The Morgan fingerprint density at radius 3 is 2.38 bits per heavy atom. The summed E-state index contributed by atoms with van der Waals surface area (Å²) < 4.78 is 5.03. The Bertz CT molecular complexity index is 741. The van der Waals surface area contributed by atoms with Gasteiger partial charge in [0.25, 0.3) is 0 Å². The highest BCUT2D eigenvalue weighted by Gasteiger charge is 2.47. The third-order valence-corrected chi connectivity index (χ3v) is 4.16. The van der Waals surface area contributed by atoms with Crippen LogP contribution in [0, 0.1) is 0 Å². The lowest BCUT2D eigenvalue weighted by Gasteiger charge is -2.31. The first-order valence-electron chi connectivity index (χ1n) is 7.53. The number of allylic oxidation sites excluding steroid dienone is 2. The van der Waals surface area contributed by atoms with Crippen molar-refractivity contribution in [2.24, 2.45) is 5.73 Å². The average molecular weight is 331 g/mol. The molecule has 0 heterocycles. The van der Waals surface area contributed by atoms with Crippen molar-refractivity contribution in [3.63, 3.8) is 0 Å². The zero-order valence-electron chi connectivity index (χ0n) is 13.9. The lowest BCUT2D eigenvalue weighted by Crippen LogP contribution is -2.46. The standard InChI is InChI=1S/C18H21NO5/c1-10-15(21)14(16(22)18(2,23)17(10)24-3)13(19)9-6-11-4-7-12(20)8-5-11/h4-5,7-8,20,23H,6,9,19H2,1-3H3. The minimum absolute atomic E-state index is 0.0485. The fourth-order valence-electron chi connectivity index (χ4n) is 2.82. The van der Waals surface area contributed by atoms with E-state index in [2.05, 4.69) is 0 Å². The summed E-state index contributed by atoms with van der Waals surface area (Å²) in [5.74, 6) is -1.16. The van der Waals surface area contributed by atoms with Crippen LogP contribution in [0.3, 0.4) is 0 Å². The van der Waals surface area contributed by atoms with Crippen molar-refractivity contribution in [1.29, 1.82) is 0 Å². The molecule has 0 saturated heterocycles. The molecule has 1 aliphatic rings. The lowest BCUT2D eigenvalue weighted by atomic mass is 9.79. The van der Waals surface area contributed by atoms with Gasteiger partial charge in [-0.2, -0.15) is 0 Å². The first kappa shape index (κ1) is 17.7. The number of rotatable bonds is 4. The predicted molar refractivity (Wildman–Crippen MR) is 88.0 cm³/mol. The normalized spacial score (nSPS) is 23.5. The Morgan fingerprint density at radius 1 is 1.25 bits per heavy atom. The largest absolute Gasteiger partial charge is 0.508 e. The van der Waals surface area contributed by atoms with E-state index in [1.165, 1.54) is 21.0 Å². The molecule has 0 aromatic heterocycles. The third-order valence-electron chi connectivity index (χ3n) is 4.16. The molecule has 0 aliphatic heterocycles. The van der Waals surface area contributed by atoms with Gasteiger partial charge < -0.3 is 20.7 Å². The van der Waals surface area contributed by atoms with Crippen LogP contribution in [-0.2, 0) is 20.7 Å². The van der Waals surface area contributed by atoms with E-state index >= 15 is 0 Å². The van der Waals surface area contributed by atoms with E-state index in [0.717, 1.165) is 5.56 Å². The molecule has 0 saturated carbocycles. The van der Waals surface area contributed by atoms with Gasteiger partial charge in [0, 0.05) is 11.3 Å². The number of carbonyl (C=O) groups is 2. The summed E-state index contributed by atoms with van der Waals surface area (Å²) in [6.45, 7) is 2.78. The summed E-state index contributed by atoms with van der Waals surface area (Å²) in [5, 5.41) is 19.7. The summed E-state index contributed by atoms with van der Waals surface area (Å²) in [6, 6.07) is 6.58. The molecular formula is C18H21NO5. The van der Waals surface area contributed by atoms with Crippen LogP contribution in [0.2, 0.25) is 0 Å². The molecule has 0 spiro atoms. The Morgan fingerprint density at radius 2 is 1.83 bits per heavy atom. The van der Waals surface area contributed by atoms with Crippen LogP contribution in [-0.4, -0.2) is 34.5 Å². The molecule has 0 amide bonds. The van der Waals surface area contributed by atoms with Crippen LogP contribution >= 0.6 is 0 Å². The van der Waals surface area contributed by atoms with Crippen LogP contribution in [0.25, 0.3) is 0 Å². The average Bonchev–Trinajstić information content (AvgIpc) is 2.53. The summed E-state index contributed by atoms with van der Waals surface area (Å²) >= 11 is 0. The Hall–Kier alpha value is -2.60. The number of aromatic hydroxyl groups is 1. The molecule has 1 unspecified atom stereocenters. The van der Waals surface area contributed by atoms with Crippen molar-refractivity contribution in [3.05, 3.63) is 52.4 Å². The van der Waals surface area contributed by atoms with Crippen LogP contribution in [0.5, 0.6) is 5.75 Å². The van der Waals surface area contributed by atoms with E-state index in [1.54, 1.807) is 24.3 Å². The van der Waals surface area contributed by atoms with E-state index in [4.69, 9.17) is 10.5 Å². The minimum Gasteiger partial charge on any atom is -0.508 e. The van der Waals surface area contributed by atoms with E-state index in [1.807, 2.05) is 0 Å². The predicted octanol–water partition coefficient (Wildman–Crippen LogP) is 1.36. The number of Topliss-reactive ketones (excluding diaryl/α,β-unsaturated/α-hetero) is 2. The molecule has 1 atom stereocenters. The van der Waals surface area contributed by atoms with Crippen molar-refractivity contribution < 1.29 is 24.5 Å². The SMILES string of the molecule is COC1=C(C)C(=O)C(=C(N)CCc2ccc(O)cc2)C(=O)C1(C)O. The Labute approximate surface area is 140 Å². The number of ketones is 2. The molecule has 2 rings (SSSR count). The molecule has 1 aromatic carbocycles. The Kier molecular flexibility index (Phi) is 4.80. The summed E-state index contributed by atoms with van der Waals surface area (Å²) in [6.07, 6.45) is 0.779. The third kappa shape index (κ3) is 3.05. The fourth-order valence-corrected chi connectivity index (χ4v) is 2.82. The van der Waals surface area contributed by atoms with Gasteiger partial charge in [-0.3, -0.25) is 9.59 Å². The first-order valence-corrected chi connectivity index (χ1v) is 7.53. The fraction of sp³-hybridized carbons (Fsp3) is 0.333. The van der Waals surface area contributed by atoms with Crippen molar-refractivity contribution in [2.45, 2.75) is 32.3 Å². The second-order valence-electron chi connectivity index (χ2n) is 5.96. The molecule has 24 heavy (non-hydrogen) atoms. The zero-order valence-corrected chi connectivity index (χ0v) is 13.9. The molecule has 6 nitrogen and oxygen atoms in total. The maximum atomic E-state index is 12.5. The molecule has 0 fully saturated rings. The molecular weight excluding hydrogens is 310 g/mol. The summed E-state index contributed by atoms with van der Waals surface area (Å²) in [4.78, 5) is 25.0. The van der Waals surface area contributed by atoms with Gasteiger partial charge in [0.15, 0.2) is 11.4 Å². The lowest BCUT2D eigenvalue weighted by molar-refractivity contribution is -0.135. The van der Waals surface area contributed by atoms with Crippen molar-refractivity contribution in [2.75, 3.05) is 7.11 Å². The van der Waals surface area contributed by atoms with Gasteiger partial charge in [-0.05, 0) is 44.4 Å². The molecule has 4 N–H and O–H groups in total. The van der Waals surface area contributed by atoms with Crippen molar-refractivity contribution in [3.8, 4) is 5.75 Å². The van der Waals surface area contributed by atoms with Gasteiger partial charge in [0.1, 0.15) is 11.5 Å². The zero-order chi connectivity index (χ0) is 18.1. The monoisotopic (exact) mass is 331 g/mol. The molecule has 6 heteroatoms. The quantitative estimate of drug-likeness (QED) is 0.568. The molecule has 1 aromatic rings. The van der Waals surface area contributed by atoms with Crippen LogP contribution < -0.4 is 5.73 Å². The maximum absolute atomic E-state index is 12.5. The molecule has 128 valence electrons. The number of benzene rings is 1. The summed E-state index contributed by atoms with van der Waals surface area (Å²) in [5.41, 5.74) is 5.11. The number of phenols is 1. The van der Waals surface area contributed by atoms with Crippen molar-refractivity contribution in [1.82, 2.24) is 0 Å². The number of methoxy groups -OCH3 is 1. The van der Waals surface area contributed by atoms with Gasteiger partial charge in [-0.15, -0.1) is 0 Å². The minimum atomic E-state index is -1.91. The highest BCUT2D eigenvalue weighted by Crippen LogP contribution is 2.33. The second kappa shape index (κ2) is 6.49. The van der Waals surface area contributed by atoms with Crippen LogP contribution in [0.15, 0.2) is 46.9 Å². The smallest absolute Gasteiger partial charge is 0.207 e. The number of nitrogens with two attached hydrogens (primary N) is 1. The number of hydrogen-bond donors (Lipinski definition) is 3. The van der Waals surface area contributed by atoms with Gasteiger partial charge >= 0.3 is 0 Å². The number of carbonyl (C=O) groups excluding carboxylic acids is 2. The van der Waals surface area contributed by atoms with Crippen LogP contribution in [0.4, 0.5) is 0 Å². The number of aliphatic hydroxyl groups is 1. The summed E-state index contributed by atoms with van der Waals surface area (Å²) in [7, 11) is 1.30. The highest BCUT2D eigenvalue weighted by molar-refractivity contribution is 6.31. The van der Waals surface area contributed by atoms with E-state index in [9.17, 15) is 19.8 Å². The van der Waals surface area contributed by atoms with E-state index in [0.29, 0.717) is 6.42 Å². The molecule has 0 radical (unpaired) electrons. The van der Waals surface area contributed by atoms with Gasteiger partial charge in [-0.25, -0.2) is 0 Å². The first-order chi connectivity index (χ1) is 11.2.